The maximum absolute atomic E-state index is 11.7. The second-order valence-electron chi connectivity index (χ2n) is 10.8. The Morgan fingerprint density at radius 1 is 0.884 bits per heavy atom. The predicted molar refractivity (Wildman–Crippen MR) is 172 cm³/mol. The van der Waals surface area contributed by atoms with Gasteiger partial charge in [0, 0.05) is 24.3 Å². The van der Waals surface area contributed by atoms with Gasteiger partial charge in [-0.15, -0.1) is 0 Å². The highest BCUT2D eigenvalue weighted by Gasteiger charge is 2.22. The van der Waals surface area contributed by atoms with Crippen molar-refractivity contribution in [3.63, 3.8) is 0 Å². The quantitative estimate of drug-likeness (QED) is 0.110. The van der Waals surface area contributed by atoms with Gasteiger partial charge >= 0.3 is 5.97 Å². The summed E-state index contributed by atoms with van der Waals surface area (Å²) in [6.07, 6.45) is 5.95. The number of carboxylic acid groups (broad SMARTS) is 1. The Kier molecular flexibility index (Phi) is 8.71. The van der Waals surface area contributed by atoms with Crippen molar-refractivity contribution in [1.29, 1.82) is 0 Å². The SMILES string of the molecule is COc1ccc(/C=C/c2ccc3c(c2)Cc2ccccc2N3CCCCS(=O)(=O)O)c(-c2ccc(C(=O)O)c(C)c2C)c1. The van der Waals surface area contributed by atoms with Crippen LogP contribution >= 0.6 is 0 Å². The van der Waals surface area contributed by atoms with Crippen LogP contribution in [0, 0.1) is 13.8 Å². The van der Waals surface area contributed by atoms with Crippen LogP contribution in [0.4, 0.5) is 11.4 Å². The Bertz CT molecular complexity index is 1830. The number of nitrogens with zero attached hydrogens (tertiary/aromatic N) is 1. The average Bonchev–Trinajstić information content (AvgIpc) is 2.98. The number of rotatable bonds is 10. The van der Waals surface area contributed by atoms with Crippen molar-refractivity contribution in [1.82, 2.24) is 0 Å². The lowest BCUT2D eigenvalue weighted by atomic mass is 9.90. The summed E-state index contributed by atoms with van der Waals surface area (Å²) in [4.78, 5) is 13.9. The number of benzene rings is 4. The number of aromatic carboxylic acids is 1. The minimum atomic E-state index is -3.97. The van der Waals surface area contributed by atoms with Crippen LogP contribution < -0.4 is 9.64 Å². The van der Waals surface area contributed by atoms with E-state index in [1.807, 2.05) is 50.2 Å². The fourth-order valence-corrected chi connectivity index (χ4v) is 6.31. The zero-order valence-electron chi connectivity index (χ0n) is 24.5. The van der Waals surface area contributed by atoms with Gasteiger partial charge in [0.05, 0.1) is 18.4 Å². The largest absolute Gasteiger partial charge is 0.497 e. The molecule has 0 radical (unpaired) electrons. The molecule has 1 aliphatic rings. The first-order valence-corrected chi connectivity index (χ1v) is 15.8. The van der Waals surface area contributed by atoms with E-state index in [4.69, 9.17) is 9.29 Å². The van der Waals surface area contributed by atoms with E-state index in [2.05, 4.69) is 47.4 Å². The normalized spacial score (nSPS) is 12.7. The molecule has 2 N–H and O–H groups in total. The van der Waals surface area contributed by atoms with E-state index in [0.29, 0.717) is 24.9 Å². The van der Waals surface area contributed by atoms with Gasteiger partial charge < -0.3 is 14.7 Å². The molecule has 222 valence electrons. The molecule has 0 aliphatic carbocycles. The van der Waals surface area contributed by atoms with Crippen LogP contribution in [0.5, 0.6) is 5.75 Å². The number of unbranched alkanes of at least 4 members (excludes halogenated alkanes) is 1. The van der Waals surface area contributed by atoms with Gasteiger partial charge in [-0.25, -0.2) is 4.79 Å². The van der Waals surface area contributed by atoms with Crippen molar-refractivity contribution in [2.24, 2.45) is 0 Å². The molecule has 5 rings (SSSR count). The number of methoxy groups -OCH3 is 1. The van der Waals surface area contributed by atoms with E-state index in [-0.39, 0.29) is 5.75 Å². The number of fused-ring (bicyclic) bond motifs is 2. The van der Waals surface area contributed by atoms with Crippen molar-refractivity contribution < 1.29 is 27.6 Å². The van der Waals surface area contributed by atoms with Crippen LogP contribution in [0.1, 0.15) is 56.6 Å². The highest BCUT2D eigenvalue weighted by molar-refractivity contribution is 7.85. The monoisotopic (exact) mass is 597 g/mol. The van der Waals surface area contributed by atoms with E-state index >= 15 is 0 Å². The Labute approximate surface area is 252 Å². The van der Waals surface area contributed by atoms with Gasteiger partial charge in [-0.1, -0.05) is 48.6 Å². The molecule has 0 atom stereocenters. The first-order chi connectivity index (χ1) is 20.6. The minimum absolute atomic E-state index is 0.241. The fraction of sp³-hybridized carbons (Fsp3) is 0.229. The Balaban J connectivity index is 1.46. The number of anilines is 2. The number of ether oxygens (including phenoxy) is 1. The average molecular weight is 598 g/mol. The van der Waals surface area contributed by atoms with E-state index in [0.717, 1.165) is 56.9 Å². The minimum Gasteiger partial charge on any atom is -0.497 e. The molecule has 1 heterocycles. The molecular formula is C35H35NO6S. The maximum atomic E-state index is 11.7. The van der Waals surface area contributed by atoms with E-state index in [9.17, 15) is 18.3 Å². The molecule has 0 saturated carbocycles. The first-order valence-electron chi connectivity index (χ1n) is 14.2. The van der Waals surface area contributed by atoms with Gasteiger partial charge in [-0.05, 0) is 108 Å². The Morgan fingerprint density at radius 2 is 1.65 bits per heavy atom. The summed E-state index contributed by atoms with van der Waals surface area (Å²) in [5.41, 5.74) is 10.5. The van der Waals surface area contributed by atoms with Crippen molar-refractivity contribution in [2.45, 2.75) is 33.1 Å². The summed E-state index contributed by atoms with van der Waals surface area (Å²) >= 11 is 0. The standard InChI is InChI=1S/C35H35NO6S/c1-23-24(2)31(35(37)38)16-15-30(23)32-22-29(42-3)14-13-26(32)12-10-25-11-17-34-28(20-25)21-27-8-4-5-9-33(27)36(34)18-6-7-19-43(39,40)41/h4-5,8-17,20,22H,6-7,18-19,21H2,1-3H3,(H,37,38)(H,39,40,41)/b12-10+. The van der Waals surface area contributed by atoms with Gasteiger partial charge in [-0.3, -0.25) is 4.55 Å². The van der Waals surface area contributed by atoms with Crippen LogP contribution in [-0.2, 0) is 16.5 Å². The third-order valence-electron chi connectivity index (χ3n) is 8.12. The second kappa shape index (κ2) is 12.5. The molecule has 1 aliphatic heterocycles. The van der Waals surface area contributed by atoms with Crippen LogP contribution in [0.3, 0.4) is 0 Å². The lowest BCUT2D eigenvalue weighted by Gasteiger charge is -2.33. The molecule has 0 unspecified atom stereocenters. The first kappa shape index (κ1) is 30.1. The van der Waals surface area contributed by atoms with Gasteiger partial charge in [0.2, 0.25) is 0 Å². The molecular weight excluding hydrogens is 562 g/mol. The fourth-order valence-electron chi connectivity index (χ4n) is 5.74. The van der Waals surface area contributed by atoms with E-state index in [1.165, 1.54) is 11.1 Å². The summed E-state index contributed by atoms with van der Waals surface area (Å²) in [5.74, 6) is -0.463. The smallest absolute Gasteiger partial charge is 0.335 e. The number of carbonyl (C=O) groups is 1. The molecule has 0 saturated heterocycles. The second-order valence-corrected chi connectivity index (χ2v) is 12.4. The molecule has 0 fully saturated rings. The number of hydrogen-bond acceptors (Lipinski definition) is 5. The van der Waals surface area contributed by atoms with E-state index < -0.39 is 16.1 Å². The molecule has 8 heteroatoms. The highest BCUT2D eigenvalue weighted by atomic mass is 32.2. The Morgan fingerprint density at radius 3 is 2.40 bits per heavy atom. The summed E-state index contributed by atoms with van der Waals surface area (Å²) in [6.45, 7) is 4.42. The van der Waals surface area contributed by atoms with E-state index in [1.54, 1.807) is 13.2 Å². The number of para-hydroxylation sites is 1. The lowest BCUT2D eigenvalue weighted by molar-refractivity contribution is 0.0696. The third-order valence-corrected chi connectivity index (χ3v) is 8.92. The van der Waals surface area contributed by atoms with Gasteiger partial charge in [0.25, 0.3) is 10.1 Å². The van der Waals surface area contributed by atoms with Gasteiger partial charge in [0.1, 0.15) is 5.75 Å². The highest BCUT2D eigenvalue weighted by Crippen LogP contribution is 2.40. The van der Waals surface area contributed by atoms with Gasteiger partial charge in [0.15, 0.2) is 0 Å². The predicted octanol–water partition coefficient (Wildman–Crippen LogP) is 7.56. The topological polar surface area (TPSA) is 104 Å². The number of hydrogen-bond donors (Lipinski definition) is 2. The van der Waals surface area contributed by atoms with Crippen LogP contribution in [-0.4, -0.2) is 43.5 Å². The molecule has 4 aromatic rings. The molecule has 7 nitrogen and oxygen atoms in total. The number of carboxylic acids is 1. The van der Waals surface area contributed by atoms with Crippen molar-refractivity contribution in [3.8, 4) is 16.9 Å². The van der Waals surface area contributed by atoms with Crippen LogP contribution in [0.15, 0.2) is 72.8 Å². The summed E-state index contributed by atoms with van der Waals surface area (Å²) in [6, 6.07) is 24.0. The zero-order chi connectivity index (χ0) is 30.7. The van der Waals surface area contributed by atoms with Gasteiger partial charge in [-0.2, -0.15) is 8.42 Å². The summed E-state index contributed by atoms with van der Waals surface area (Å²) in [7, 11) is -2.35. The van der Waals surface area contributed by atoms with Crippen molar-refractivity contribution in [3.05, 3.63) is 112 Å². The molecule has 4 aromatic carbocycles. The molecule has 43 heavy (non-hydrogen) atoms. The third kappa shape index (κ3) is 6.66. The zero-order valence-corrected chi connectivity index (χ0v) is 25.3. The molecule has 0 spiro atoms. The van der Waals surface area contributed by atoms with Crippen molar-refractivity contribution >= 4 is 39.6 Å². The van der Waals surface area contributed by atoms with Crippen LogP contribution in [0.2, 0.25) is 0 Å². The molecule has 0 amide bonds. The van der Waals surface area contributed by atoms with Crippen LogP contribution in [0.25, 0.3) is 23.3 Å². The Hall–Kier alpha value is -4.40. The summed E-state index contributed by atoms with van der Waals surface area (Å²) < 4.78 is 37.0. The lowest BCUT2D eigenvalue weighted by Crippen LogP contribution is -2.25. The molecule has 0 bridgehead atoms. The maximum Gasteiger partial charge on any atom is 0.335 e. The summed E-state index contributed by atoms with van der Waals surface area (Å²) in [5, 5.41) is 9.57. The molecule has 0 aromatic heterocycles. The van der Waals surface area contributed by atoms with Crippen molar-refractivity contribution in [2.75, 3.05) is 24.3 Å².